The fourth-order valence-corrected chi connectivity index (χ4v) is 5.73. The minimum absolute atomic E-state index is 0.194. The number of fused-ring (bicyclic) bond motifs is 1. The van der Waals surface area contributed by atoms with Crippen molar-refractivity contribution in [3.8, 4) is 0 Å². The summed E-state index contributed by atoms with van der Waals surface area (Å²) < 4.78 is 29.5. The fourth-order valence-electron chi connectivity index (χ4n) is 3.29. The summed E-state index contributed by atoms with van der Waals surface area (Å²) in [6.45, 7) is 8.09. The molecule has 0 saturated carbocycles. The van der Waals surface area contributed by atoms with E-state index in [0.29, 0.717) is 22.7 Å². The lowest BCUT2D eigenvalue weighted by molar-refractivity contribution is 0.587. The van der Waals surface area contributed by atoms with Crippen LogP contribution < -0.4 is 0 Å². The average Bonchev–Trinajstić information content (AvgIpc) is 3.09. The topological polar surface area (TPSA) is 39.1 Å². The lowest BCUT2D eigenvalue weighted by atomic mass is 10.1. The number of aryl methyl sites for hydroxylation is 1. The van der Waals surface area contributed by atoms with Crippen molar-refractivity contribution in [3.63, 3.8) is 0 Å². The van der Waals surface area contributed by atoms with Crippen LogP contribution in [0.5, 0.6) is 0 Å². The molecule has 0 bridgehead atoms. The highest BCUT2D eigenvalue weighted by atomic mass is 79.9. The third-order valence-electron chi connectivity index (χ3n) is 4.69. The van der Waals surface area contributed by atoms with Gasteiger partial charge in [-0.3, -0.25) is 0 Å². The van der Waals surface area contributed by atoms with E-state index in [2.05, 4.69) is 49.3 Å². The Balaban J connectivity index is 0.000000555. The highest BCUT2D eigenvalue weighted by molar-refractivity contribution is 9.10. The molecular weight excluding hydrogens is 538 g/mol. The predicted octanol–water partition coefficient (Wildman–Crippen LogP) is 7.91. The predicted molar refractivity (Wildman–Crippen MR) is 146 cm³/mol. The Morgan fingerprint density at radius 2 is 1.58 bits per heavy atom. The molecule has 0 aliphatic rings. The van der Waals surface area contributed by atoms with E-state index in [9.17, 15) is 8.42 Å². The van der Waals surface area contributed by atoms with Crippen molar-refractivity contribution in [2.45, 2.75) is 43.8 Å². The molecule has 4 aromatic rings. The zero-order chi connectivity index (χ0) is 24.4. The van der Waals surface area contributed by atoms with Crippen molar-refractivity contribution < 1.29 is 8.42 Å². The van der Waals surface area contributed by atoms with E-state index in [1.807, 2.05) is 55.5 Å². The van der Waals surface area contributed by atoms with Gasteiger partial charge in [0.25, 0.3) is 10.0 Å². The number of hydrogen-bond acceptors (Lipinski definition) is 3. The average molecular weight is 565 g/mol. The van der Waals surface area contributed by atoms with Gasteiger partial charge >= 0.3 is 0 Å². The van der Waals surface area contributed by atoms with Crippen LogP contribution in [-0.2, 0) is 16.4 Å². The first-order chi connectivity index (χ1) is 15.4. The summed E-state index contributed by atoms with van der Waals surface area (Å²) in [5, 5.41) is 1.47. The lowest BCUT2D eigenvalue weighted by Crippen LogP contribution is -2.16. The first-order valence-electron chi connectivity index (χ1n) is 10.4. The second-order valence-electron chi connectivity index (χ2n) is 8.83. The summed E-state index contributed by atoms with van der Waals surface area (Å²) in [5.41, 5.74) is 3.18. The highest BCUT2D eigenvalue weighted by Gasteiger charge is 2.24. The van der Waals surface area contributed by atoms with Gasteiger partial charge in [-0.1, -0.05) is 80.4 Å². The summed E-state index contributed by atoms with van der Waals surface area (Å²) in [6.07, 6.45) is 0.409. The molecule has 0 aliphatic heterocycles. The molecule has 0 spiro atoms. The molecule has 1 aromatic heterocycles. The minimum atomic E-state index is -3.78. The molecule has 0 fully saturated rings. The Bertz CT molecular complexity index is 1370. The number of hydrogen-bond donors (Lipinski definition) is 1. The molecule has 4 rings (SSSR count). The van der Waals surface area contributed by atoms with E-state index in [4.69, 9.17) is 11.6 Å². The number of rotatable bonds is 4. The molecule has 0 saturated heterocycles. The summed E-state index contributed by atoms with van der Waals surface area (Å²) in [4.78, 5) is 0.256. The first kappa shape index (κ1) is 25.9. The van der Waals surface area contributed by atoms with Crippen LogP contribution in [0.2, 0.25) is 5.02 Å². The number of para-hydroxylation sites is 1. The van der Waals surface area contributed by atoms with Crippen molar-refractivity contribution in [2.24, 2.45) is 0 Å². The standard InChI is InChI=1S/C22H17BrClNO2S.C4H10S/c1-15-9-11-19(12-10-15)28(26,27)25-18(13-16-5-2-3-8-21(16)24)14-17-6-4-7-20(23)22(17)25;1-4(2,3)5/h2-12,14H,13H2,1H3;5H,1-3H3. The zero-order valence-electron chi connectivity index (χ0n) is 19.0. The maximum absolute atomic E-state index is 13.6. The summed E-state index contributed by atoms with van der Waals surface area (Å²) >= 11 is 14.0. The molecule has 3 nitrogen and oxygen atoms in total. The van der Waals surface area contributed by atoms with Crippen LogP contribution in [0.1, 0.15) is 37.6 Å². The lowest BCUT2D eigenvalue weighted by Gasteiger charge is -2.14. The van der Waals surface area contributed by atoms with E-state index < -0.39 is 10.0 Å². The number of benzene rings is 3. The number of aromatic nitrogens is 1. The second kappa shape index (κ2) is 10.3. The molecule has 33 heavy (non-hydrogen) atoms. The molecule has 7 heteroatoms. The van der Waals surface area contributed by atoms with Crippen LogP contribution in [0.3, 0.4) is 0 Å². The maximum atomic E-state index is 13.6. The van der Waals surface area contributed by atoms with Crippen LogP contribution in [0, 0.1) is 6.92 Å². The van der Waals surface area contributed by atoms with Crippen molar-refractivity contribution in [1.82, 2.24) is 3.97 Å². The molecule has 0 aliphatic carbocycles. The van der Waals surface area contributed by atoms with Gasteiger partial charge in [0.2, 0.25) is 0 Å². The molecule has 0 unspecified atom stereocenters. The Labute approximate surface area is 215 Å². The van der Waals surface area contributed by atoms with Gasteiger partial charge in [-0.25, -0.2) is 12.4 Å². The van der Waals surface area contributed by atoms with E-state index in [1.165, 1.54) is 3.97 Å². The first-order valence-corrected chi connectivity index (χ1v) is 13.5. The van der Waals surface area contributed by atoms with Gasteiger partial charge in [-0.2, -0.15) is 12.6 Å². The maximum Gasteiger partial charge on any atom is 0.268 e. The minimum Gasteiger partial charge on any atom is -0.236 e. The SMILES string of the molecule is CC(C)(C)S.Cc1ccc(S(=O)(=O)n2c(Cc3ccccc3Cl)cc3cccc(Br)c32)cc1. The van der Waals surface area contributed by atoms with Crippen molar-refractivity contribution in [3.05, 3.63) is 99.1 Å². The molecule has 0 radical (unpaired) electrons. The molecule has 3 aromatic carbocycles. The van der Waals surface area contributed by atoms with Crippen LogP contribution >= 0.6 is 40.2 Å². The normalized spacial score (nSPS) is 11.8. The quantitative estimate of drug-likeness (QED) is 0.256. The van der Waals surface area contributed by atoms with Gasteiger partial charge in [-0.05, 0) is 58.7 Å². The molecular formula is C26H27BrClNO2S2. The Kier molecular flexibility index (Phi) is 8.05. The Hall–Kier alpha value is -1.73. The number of nitrogens with zero attached hydrogens (tertiary/aromatic N) is 1. The van der Waals surface area contributed by atoms with E-state index in [0.717, 1.165) is 21.0 Å². The van der Waals surface area contributed by atoms with Crippen LogP contribution in [-0.4, -0.2) is 17.1 Å². The van der Waals surface area contributed by atoms with Gasteiger partial charge in [0.15, 0.2) is 0 Å². The molecule has 0 atom stereocenters. The van der Waals surface area contributed by atoms with Crippen LogP contribution in [0.25, 0.3) is 10.9 Å². The van der Waals surface area contributed by atoms with E-state index >= 15 is 0 Å². The third-order valence-corrected chi connectivity index (χ3v) is 7.47. The molecule has 0 N–H and O–H groups in total. The molecule has 0 amide bonds. The van der Waals surface area contributed by atoms with E-state index in [-0.39, 0.29) is 9.64 Å². The van der Waals surface area contributed by atoms with Gasteiger partial charge in [0, 0.05) is 31.7 Å². The monoisotopic (exact) mass is 563 g/mol. The summed E-state index contributed by atoms with van der Waals surface area (Å²) in [5.74, 6) is 0. The Morgan fingerprint density at radius 1 is 0.970 bits per heavy atom. The smallest absolute Gasteiger partial charge is 0.236 e. The van der Waals surface area contributed by atoms with Crippen LogP contribution in [0.4, 0.5) is 0 Å². The van der Waals surface area contributed by atoms with Crippen LogP contribution in [0.15, 0.2) is 82.2 Å². The third kappa shape index (κ3) is 6.44. The van der Waals surface area contributed by atoms with Gasteiger partial charge in [0.1, 0.15) is 0 Å². The fraction of sp³-hybridized carbons (Fsp3) is 0.231. The zero-order valence-corrected chi connectivity index (χ0v) is 23.1. The number of halogens is 2. The molecule has 1 heterocycles. The second-order valence-corrected chi connectivity index (χ2v) is 13.2. The Morgan fingerprint density at radius 3 is 2.18 bits per heavy atom. The largest absolute Gasteiger partial charge is 0.268 e. The highest BCUT2D eigenvalue weighted by Crippen LogP contribution is 2.33. The van der Waals surface area contributed by atoms with Gasteiger partial charge in [-0.15, -0.1) is 0 Å². The van der Waals surface area contributed by atoms with Gasteiger partial charge < -0.3 is 0 Å². The number of thiol groups is 1. The van der Waals surface area contributed by atoms with Crippen molar-refractivity contribution >= 4 is 61.1 Å². The summed E-state index contributed by atoms with van der Waals surface area (Å²) in [6, 6.07) is 22.0. The van der Waals surface area contributed by atoms with E-state index in [1.54, 1.807) is 24.3 Å². The van der Waals surface area contributed by atoms with Crippen molar-refractivity contribution in [2.75, 3.05) is 0 Å². The molecule has 174 valence electrons. The van der Waals surface area contributed by atoms with Crippen molar-refractivity contribution in [1.29, 1.82) is 0 Å². The summed E-state index contributed by atoms with van der Waals surface area (Å²) in [7, 11) is -3.78. The van der Waals surface area contributed by atoms with Gasteiger partial charge in [0.05, 0.1) is 10.4 Å².